The minimum absolute atomic E-state index is 0.0950. The number of hydrazone groups is 1. The van der Waals surface area contributed by atoms with Gasteiger partial charge in [0.2, 0.25) is 5.95 Å². The van der Waals surface area contributed by atoms with Crippen LogP contribution >= 0.6 is 0 Å². The van der Waals surface area contributed by atoms with E-state index >= 15 is 0 Å². The van der Waals surface area contributed by atoms with Gasteiger partial charge in [-0.25, -0.2) is 9.80 Å². The second-order valence-electron chi connectivity index (χ2n) is 5.91. The summed E-state index contributed by atoms with van der Waals surface area (Å²) < 4.78 is 4.55. The zero-order valence-corrected chi connectivity index (χ0v) is 14.6. The number of anilines is 1. The fraction of sp³-hybridized carbons (Fsp3) is 0.500. The molecule has 2 aromatic heterocycles. The van der Waals surface area contributed by atoms with Crippen LogP contribution < -0.4 is 16.3 Å². The van der Waals surface area contributed by atoms with Crippen molar-refractivity contribution in [3.63, 3.8) is 0 Å². The number of imidazole rings is 1. The molecule has 0 spiro atoms. The van der Waals surface area contributed by atoms with Crippen molar-refractivity contribution in [2.24, 2.45) is 12.1 Å². The molecule has 0 saturated heterocycles. The van der Waals surface area contributed by atoms with Crippen LogP contribution in [0.5, 0.6) is 0 Å². The van der Waals surface area contributed by atoms with Crippen molar-refractivity contribution in [3.8, 4) is 0 Å². The standard InChI is InChI=1S/C16H22N6O2/c1-6-8-9-21-15-17-13-12(22(15)11(4)10(3)18-21)14(23)20(7-2)16(24)19(13)5/h6,8,11H,7,9H2,1-5H3. The number of allylic oxidation sites excluding steroid dienone is 1. The SMILES string of the molecule is CC=CCN1N=C(C)C(C)n2c1nc1c2c(=O)n(CC)c(=O)n1C. The predicted octanol–water partition coefficient (Wildman–Crippen LogP) is 1.25. The quantitative estimate of drug-likeness (QED) is 0.794. The van der Waals surface area contributed by atoms with Gasteiger partial charge in [0.25, 0.3) is 5.56 Å². The number of aromatic nitrogens is 4. The van der Waals surface area contributed by atoms with Crippen molar-refractivity contribution in [2.45, 2.75) is 40.3 Å². The highest BCUT2D eigenvalue weighted by Gasteiger charge is 2.29. The lowest BCUT2D eigenvalue weighted by Crippen LogP contribution is -2.40. The average molecular weight is 330 g/mol. The van der Waals surface area contributed by atoms with Crippen LogP contribution in [0.1, 0.15) is 33.7 Å². The zero-order valence-electron chi connectivity index (χ0n) is 14.6. The topological polar surface area (TPSA) is 77.4 Å². The smallest absolute Gasteiger partial charge is 0.294 e. The lowest BCUT2D eigenvalue weighted by atomic mass is 10.2. The molecule has 0 fully saturated rings. The molecule has 1 atom stereocenters. The molecule has 24 heavy (non-hydrogen) atoms. The van der Waals surface area contributed by atoms with Gasteiger partial charge in [0.05, 0.1) is 18.3 Å². The first kappa shape index (κ1) is 16.2. The Kier molecular flexibility index (Phi) is 3.90. The van der Waals surface area contributed by atoms with Crippen molar-refractivity contribution < 1.29 is 0 Å². The van der Waals surface area contributed by atoms with Crippen LogP contribution in [0.4, 0.5) is 5.95 Å². The second-order valence-corrected chi connectivity index (χ2v) is 5.91. The first-order chi connectivity index (χ1) is 11.4. The van der Waals surface area contributed by atoms with Gasteiger partial charge in [0.15, 0.2) is 11.2 Å². The molecule has 1 aliphatic heterocycles. The summed E-state index contributed by atoms with van der Waals surface area (Å²) in [5.74, 6) is 0.585. The van der Waals surface area contributed by atoms with Crippen molar-refractivity contribution >= 4 is 22.8 Å². The van der Waals surface area contributed by atoms with E-state index in [-0.39, 0.29) is 17.3 Å². The van der Waals surface area contributed by atoms with E-state index in [9.17, 15) is 9.59 Å². The Balaban J connectivity index is 2.40. The Morgan fingerprint density at radius 1 is 1.29 bits per heavy atom. The molecule has 8 heteroatoms. The van der Waals surface area contributed by atoms with E-state index in [0.29, 0.717) is 30.2 Å². The summed E-state index contributed by atoms with van der Waals surface area (Å²) in [6.07, 6.45) is 3.91. The van der Waals surface area contributed by atoms with Crippen LogP contribution in [0, 0.1) is 0 Å². The predicted molar refractivity (Wildman–Crippen MR) is 94.9 cm³/mol. The molecule has 0 aliphatic carbocycles. The number of hydrogen-bond acceptors (Lipinski definition) is 5. The number of fused-ring (bicyclic) bond motifs is 3. The third-order valence-corrected chi connectivity index (χ3v) is 4.49. The summed E-state index contributed by atoms with van der Waals surface area (Å²) in [6, 6.07) is -0.0950. The van der Waals surface area contributed by atoms with Crippen molar-refractivity contribution in [3.05, 3.63) is 33.0 Å². The molecule has 3 heterocycles. The van der Waals surface area contributed by atoms with Crippen molar-refractivity contribution in [1.82, 2.24) is 18.7 Å². The molecule has 2 aromatic rings. The second kappa shape index (κ2) is 5.77. The average Bonchev–Trinajstić information content (AvgIpc) is 2.96. The Hall–Kier alpha value is -2.64. The van der Waals surface area contributed by atoms with Gasteiger partial charge in [-0.2, -0.15) is 10.1 Å². The molecule has 0 N–H and O–H groups in total. The number of hydrogen-bond donors (Lipinski definition) is 0. The van der Waals surface area contributed by atoms with Gasteiger partial charge in [0.1, 0.15) is 0 Å². The first-order valence-electron chi connectivity index (χ1n) is 8.07. The third kappa shape index (κ3) is 2.13. The minimum Gasteiger partial charge on any atom is -0.294 e. The van der Waals surface area contributed by atoms with Crippen LogP contribution in [0.2, 0.25) is 0 Å². The van der Waals surface area contributed by atoms with Gasteiger partial charge in [-0.1, -0.05) is 12.2 Å². The van der Waals surface area contributed by atoms with E-state index < -0.39 is 0 Å². The van der Waals surface area contributed by atoms with Crippen molar-refractivity contribution in [2.75, 3.05) is 11.6 Å². The van der Waals surface area contributed by atoms with Crippen LogP contribution in [0.25, 0.3) is 11.2 Å². The Morgan fingerprint density at radius 3 is 2.62 bits per heavy atom. The summed E-state index contributed by atoms with van der Waals surface area (Å²) in [7, 11) is 1.64. The molecule has 0 saturated carbocycles. The summed E-state index contributed by atoms with van der Waals surface area (Å²) in [5, 5.41) is 6.34. The van der Waals surface area contributed by atoms with Gasteiger partial charge in [-0.05, 0) is 27.7 Å². The van der Waals surface area contributed by atoms with E-state index in [1.807, 2.05) is 37.5 Å². The maximum atomic E-state index is 12.9. The monoisotopic (exact) mass is 330 g/mol. The molecule has 1 aliphatic rings. The molecule has 1 unspecified atom stereocenters. The van der Waals surface area contributed by atoms with Gasteiger partial charge < -0.3 is 0 Å². The van der Waals surface area contributed by atoms with E-state index in [4.69, 9.17) is 0 Å². The molecular weight excluding hydrogens is 308 g/mol. The molecule has 128 valence electrons. The van der Waals surface area contributed by atoms with Gasteiger partial charge in [-0.3, -0.25) is 18.5 Å². The van der Waals surface area contributed by atoms with Crippen LogP contribution in [0.3, 0.4) is 0 Å². The maximum absolute atomic E-state index is 12.9. The van der Waals surface area contributed by atoms with Crippen LogP contribution in [-0.2, 0) is 13.6 Å². The number of aryl methyl sites for hydroxylation is 1. The third-order valence-electron chi connectivity index (χ3n) is 4.49. The maximum Gasteiger partial charge on any atom is 0.332 e. The van der Waals surface area contributed by atoms with E-state index in [1.165, 1.54) is 9.13 Å². The molecule has 3 rings (SSSR count). The Bertz CT molecular complexity index is 975. The lowest BCUT2D eigenvalue weighted by Gasteiger charge is -2.28. The number of nitrogens with zero attached hydrogens (tertiary/aromatic N) is 6. The summed E-state index contributed by atoms with van der Waals surface area (Å²) >= 11 is 0. The molecule has 0 bridgehead atoms. The summed E-state index contributed by atoms with van der Waals surface area (Å²) in [4.78, 5) is 29.8. The van der Waals surface area contributed by atoms with E-state index in [1.54, 1.807) is 19.0 Å². The molecule has 0 amide bonds. The van der Waals surface area contributed by atoms with Crippen LogP contribution in [-0.4, -0.2) is 30.9 Å². The van der Waals surface area contributed by atoms with Gasteiger partial charge in [0, 0.05) is 13.6 Å². The fourth-order valence-corrected chi connectivity index (χ4v) is 2.99. The zero-order chi connectivity index (χ0) is 17.6. The van der Waals surface area contributed by atoms with Gasteiger partial charge in [-0.15, -0.1) is 0 Å². The van der Waals surface area contributed by atoms with E-state index in [2.05, 4.69) is 10.1 Å². The fourth-order valence-electron chi connectivity index (χ4n) is 2.99. The summed E-state index contributed by atoms with van der Waals surface area (Å²) in [6.45, 7) is 8.53. The highest BCUT2D eigenvalue weighted by Crippen LogP contribution is 2.29. The van der Waals surface area contributed by atoms with Gasteiger partial charge >= 0.3 is 5.69 Å². The largest absolute Gasteiger partial charge is 0.332 e. The van der Waals surface area contributed by atoms with Crippen molar-refractivity contribution in [1.29, 1.82) is 0 Å². The molecule has 8 nitrogen and oxygen atoms in total. The molecule has 0 radical (unpaired) electrons. The molecule has 0 aromatic carbocycles. The lowest BCUT2D eigenvalue weighted by molar-refractivity contribution is 0.623. The Labute approximate surface area is 139 Å². The summed E-state index contributed by atoms with van der Waals surface area (Å²) in [5.41, 5.74) is 1.08. The molecular formula is C16H22N6O2. The Morgan fingerprint density at radius 2 is 2.00 bits per heavy atom. The normalized spacial score (nSPS) is 17.6. The number of rotatable bonds is 3. The van der Waals surface area contributed by atoms with Crippen LogP contribution in [0.15, 0.2) is 26.8 Å². The van der Waals surface area contributed by atoms with E-state index in [0.717, 1.165) is 5.71 Å². The highest BCUT2D eigenvalue weighted by atomic mass is 16.2. The minimum atomic E-state index is -0.351. The highest BCUT2D eigenvalue weighted by molar-refractivity contribution is 5.91. The first-order valence-corrected chi connectivity index (χ1v) is 8.07.